The van der Waals surface area contributed by atoms with E-state index in [-0.39, 0.29) is 12.8 Å². The second-order valence-electron chi connectivity index (χ2n) is 7.95. The maximum Gasteiger partial charge on any atom is 0.419 e. The first-order chi connectivity index (χ1) is 14.1. The van der Waals surface area contributed by atoms with Crippen LogP contribution in [0.3, 0.4) is 0 Å². The minimum absolute atomic E-state index is 0.151. The average Bonchev–Trinajstić information content (AvgIpc) is 3.16. The van der Waals surface area contributed by atoms with E-state index in [1.54, 1.807) is 0 Å². The number of anilines is 1. The Morgan fingerprint density at radius 3 is 2.73 bits per heavy atom. The van der Waals surface area contributed by atoms with Gasteiger partial charge in [0.15, 0.2) is 5.82 Å². The lowest BCUT2D eigenvalue weighted by atomic mass is 9.74. The van der Waals surface area contributed by atoms with E-state index in [4.69, 9.17) is 4.74 Å². The number of hydrogen-bond donors (Lipinski definition) is 2. The number of halogens is 5. The van der Waals surface area contributed by atoms with Gasteiger partial charge in [0, 0.05) is 18.0 Å². The summed E-state index contributed by atoms with van der Waals surface area (Å²) in [4.78, 5) is 16.7. The zero-order valence-corrected chi connectivity index (χ0v) is 15.2. The molecule has 1 saturated carbocycles. The number of aliphatic hydroxyl groups is 1. The molecule has 10 heteroatoms. The van der Waals surface area contributed by atoms with Crippen LogP contribution < -0.4 is 5.32 Å². The molecule has 2 saturated heterocycles. The monoisotopic (exact) mass is 426 g/mol. The van der Waals surface area contributed by atoms with Gasteiger partial charge in [0.05, 0.1) is 35.0 Å². The van der Waals surface area contributed by atoms with Crippen molar-refractivity contribution in [2.75, 3.05) is 5.32 Å². The third-order valence-electron chi connectivity index (χ3n) is 6.58. The number of benzene rings is 1. The molecule has 2 aliphatic heterocycles. The first kappa shape index (κ1) is 19.4. The van der Waals surface area contributed by atoms with Crippen LogP contribution in [-0.2, 0) is 21.1 Å². The molecule has 5 atom stereocenters. The molecule has 2 bridgehead atoms. The molecule has 3 fully saturated rings. The third kappa shape index (κ3) is 2.34. The van der Waals surface area contributed by atoms with E-state index in [0.29, 0.717) is 11.6 Å². The van der Waals surface area contributed by atoms with Gasteiger partial charge in [-0.15, -0.1) is 0 Å². The largest absolute Gasteiger partial charge is 0.419 e. The number of alkyl halides is 3. The van der Waals surface area contributed by atoms with Crippen molar-refractivity contribution >= 4 is 11.6 Å². The van der Waals surface area contributed by atoms with Gasteiger partial charge in [0.25, 0.3) is 0 Å². The number of hydrogen-bond acceptors (Lipinski definition) is 4. The van der Waals surface area contributed by atoms with E-state index in [0.717, 1.165) is 18.2 Å². The standard InChI is InChI=1S/C20H15F5N2O3/c21-14-6-9(4-5-26-14)18-8-19(18,13-7-12(28)16(18)30-13)17(29)27-11-3-1-2-10(15(11)22)20(23,24)25/h1-6,12-13,16,28H,7-8H2,(H,27,29)/t12-,13+,16-,18+,19+/m0/s1. The van der Waals surface area contributed by atoms with Crippen LogP contribution in [0.1, 0.15) is 24.0 Å². The Morgan fingerprint density at radius 2 is 2.03 bits per heavy atom. The third-order valence-corrected chi connectivity index (χ3v) is 6.58. The molecule has 1 aromatic heterocycles. The lowest BCUT2D eigenvalue weighted by Crippen LogP contribution is -2.44. The van der Waals surface area contributed by atoms with Crippen LogP contribution in [0.2, 0.25) is 0 Å². The predicted molar refractivity (Wildman–Crippen MR) is 92.2 cm³/mol. The van der Waals surface area contributed by atoms with Crippen LogP contribution in [0.5, 0.6) is 0 Å². The zero-order valence-electron chi connectivity index (χ0n) is 15.2. The molecule has 1 aromatic carbocycles. The fourth-order valence-electron chi connectivity index (χ4n) is 5.29. The van der Waals surface area contributed by atoms with E-state index < -0.39 is 64.2 Å². The molecule has 30 heavy (non-hydrogen) atoms. The van der Waals surface area contributed by atoms with E-state index in [1.807, 2.05) is 0 Å². The highest BCUT2D eigenvalue weighted by Gasteiger charge is 2.87. The molecular formula is C20H15F5N2O3. The number of aromatic nitrogens is 1. The maximum absolute atomic E-state index is 14.4. The van der Waals surface area contributed by atoms with E-state index in [2.05, 4.69) is 10.3 Å². The quantitative estimate of drug-likeness (QED) is 0.584. The van der Waals surface area contributed by atoms with Crippen LogP contribution >= 0.6 is 0 Å². The van der Waals surface area contributed by atoms with E-state index in [1.165, 1.54) is 12.3 Å². The topological polar surface area (TPSA) is 71.5 Å². The number of aliphatic hydroxyl groups excluding tert-OH is 1. The number of carbonyl (C=O) groups excluding carboxylic acids is 1. The number of pyridine rings is 1. The Kier molecular flexibility index (Phi) is 3.86. The summed E-state index contributed by atoms with van der Waals surface area (Å²) in [5.41, 5.74) is -3.99. The molecule has 3 aliphatic rings. The van der Waals surface area contributed by atoms with Crippen molar-refractivity contribution in [1.29, 1.82) is 0 Å². The van der Waals surface area contributed by atoms with Crippen molar-refractivity contribution in [2.45, 2.75) is 42.7 Å². The van der Waals surface area contributed by atoms with Crippen LogP contribution in [0.4, 0.5) is 27.6 Å². The number of nitrogens with zero attached hydrogens (tertiary/aromatic N) is 1. The molecule has 158 valence electrons. The van der Waals surface area contributed by atoms with Gasteiger partial charge in [0.1, 0.15) is 0 Å². The van der Waals surface area contributed by atoms with Gasteiger partial charge in [-0.05, 0) is 36.2 Å². The maximum atomic E-state index is 14.4. The van der Waals surface area contributed by atoms with Gasteiger partial charge < -0.3 is 15.2 Å². The molecule has 1 aliphatic carbocycles. The number of amides is 1. The first-order valence-electron chi connectivity index (χ1n) is 9.24. The summed E-state index contributed by atoms with van der Waals surface area (Å²) in [7, 11) is 0. The zero-order chi connectivity index (χ0) is 21.5. The summed E-state index contributed by atoms with van der Waals surface area (Å²) in [6.45, 7) is 0. The molecule has 0 radical (unpaired) electrons. The van der Waals surface area contributed by atoms with Crippen molar-refractivity contribution in [3.05, 3.63) is 59.4 Å². The number of carbonyl (C=O) groups is 1. The van der Waals surface area contributed by atoms with Gasteiger partial charge in [-0.2, -0.15) is 17.6 Å². The van der Waals surface area contributed by atoms with Gasteiger partial charge in [-0.1, -0.05) is 6.07 Å². The van der Waals surface area contributed by atoms with Crippen LogP contribution in [0.15, 0.2) is 36.5 Å². The van der Waals surface area contributed by atoms with Crippen molar-refractivity contribution in [3.8, 4) is 0 Å². The Bertz CT molecular complexity index is 1060. The molecule has 3 heterocycles. The van der Waals surface area contributed by atoms with Gasteiger partial charge >= 0.3 is 6.18 Å². The highest BCUT2D eigenvalue weighted by Crippen LogP contribution is 2.77. The number of nitrogens with one attached hydrogen (secondary N) is 1. The number of rotatable bonds is 3. The fraction of sp³-hybridized carbons (Fsp3) is 0.400. The normalized spacial score (nSPS) is 34.0. The summed E-state index contributed by atoms with van der Waals surface area (Å²) in [6.07, 6.45) is -5.71. The Morgan fingerprint density at radius 1 is 1.27 bits per heavy atom. The predicted octanol–water partition coefficient (Wildman–Crippen LogP) is 3.18. The lowest BCUT2D eigenvalue weighted by molar-refractivity contribution is -0.140. The van der Waals surface area contributed by atoms with Crippen LogP contribution in [0.25, 0.3) is 0 Å². The minimum Gasteiger partial charge on any atom is -0.390 e. The molecule has 5 rings (SSSR count). The minimum atomic E-state index is -4.92. The average molecular weight is 426 g/mol. The van der Waals surface area contributed by atoms with Crippen molar-refractivity contribution in [1.82, 2.24) is 4.98 Å². The second-order valence-corrected chi connectivity index (χ2v) is 7.95. The molecular weight excluding hydrogens is 411 g/mol. The summed E-state index contributed by atoms with van der Waals surface area (Å²) in [6, 6.07) is 5.29. The van der Waals surface area contributed by atoms with Crippen LogP contribution in [-0.4, -0.2) is 34.3 Å². The van der Waals surface area contributed by atoms with Crippen molar-refractivity contribution in [3.63, 3.8) is 0 Å². The Labute approximate surface area is 166 Å². The van der Waals surface area contributed by atoms with Gasteiger partial charge in [-0.3, -0.25) is 4.79 Å². The van der Waals surface area contributed by atoms with Gasteiger partial charge in [-0.25, -0.2) is 9.37 Å². The van der Waals surface area contributed by atoms with Crippen LogP contribution in [0, 0.1) is 17.2 Å². The van der Waals surface area contributed by atoms with Gasteiger partial charge in [0.2, 0.25) is 11.9 Å². The summed E-state index contributed by atoms with van der Waals surface area (Å²) >= 11 is 0. The molecule has 1 amide bonds. The summed E-state index contributed by atoms with van der Waals surface area (Å²) in [5.74, 6) is -3.08. The SMILES string of the molecule is O=C(Nc1cccc(C(F)(F)F)c1F)[C@]12C[C@@]1(c1ccnc(F)c1)[C@H]1O[C@@H]2C[C@@H]1O. The Balaban J connectivity index is 1.53. The van der Waals surface area contributed by atoms with E-state index >= 15 is 0 Å². The molecule has 5 nitrogen and oxygen atoms in total. The number of fused-ring (bicyclic) bond motifs is 5. The fourth-order valence-corrected chi connectivity index (χ4v) is 5.29. The Hall–Kier alpha value is -2.59. The molecule has 0 unspecified atom stereocenters. The molecule has 2 N–H and O–H groups in total. The lowest BCUT2D eigenvalue weighted by Gasteiger charge is -2.29. The van der Waals surface area contributed by atoms with E-state index in [9.17, 15) is 31.9 Å². The number of ether oxygens (including phenoxy) is 1. The summed E-state index contributed by atoms with van der Waals surface area (Å²) < 4.78 is 72.9. The van der Waals surface area contributed by atoms with Crippen molar-refractivity contribution in [2.24, 2.45) is 5.41 Å². The highest BCUT2D eigenvalue weighted by molar-refractivity contribution is 6.01. The second kappa shape index (κ2) is 5.98. The highest BCUT2D eigenvalue weighted by atomic mass is 19.4. The molecule has 0 spiro atoms. The molecule has 2 aromatic rings. The van der Waals surface area contributed by atoms with Crippen molar-refractivity contribution < 1.29 is 36.6 Å². The first-order valence-corrected chi connectivity index (χ1v) is 9.24. The summed E-state index contributed by atoms with van der Waals surface area (Å²) in [5, 5.41) is 12.6. The smallest absolute Gasteiger partial charge is 0.390 e.